The Kier molecular flexibility index (Phi) is 7.32. The summed E-state index contributed by atoms with van der Waals surface area (Å²) in [5.74, 6) is 0.152. The van der Waals surface area contributed by atoms with Crippen LogP contribution in [-0.4, -0.2) is 84.6 Å². The molecule has 0 radical (unpaired) electrons. The Morgan fingerprint density at radius 2 is 1.98 bits per heavy atom. The summed E-state index contributed by atoms with van der Waals surface area (Å²) < 4.78 is 17.1. The number of amides is 1. The molecule has 1 amide bonds. The van der Waals surface area contributed by atoms with Crippen LogP contribution in [0.25, 0.3) is 0 Å². The molecule has 6 atom stereocenters. The molecule has 0 aromatic heterocycles. The number of carbonyl (C=O) groups is 2. The van der Waals surface area contributed by atoms with Crippen LogP contribution >= 0.6 is 0 Å². The lowest BCUT2D eigenvalue weighted by Gasteiger charge is -2.64. The molecule has 2 aromatic rings. The molecule has 3 heterocycles. The molecule has 0 bridgehead atoms. The molecule has 234 valence electrons. The number of para-hydroxylation sites is 1. The molecule has 3 aliphatic heterocycles. The second-order valence-corrected chi connectivity index (χ2v) is 12.2. The minimum atomic E-state index is -1.77. The number of ether oxygens (including phenoxy) is 3. The summed E-state index contributed by atoms with van der Waals surface area (Å²) in [6.45, 7) is 4.30. The maximum atomic E-state index is 13.1. The molecular formula is C32H38N4O8. The third-order valence-electron chi connectivity index (χ3n) is 10.3. The normalized spacial score (nSPS) is 31.5. The first kappa shape index (κ1) is 29.9. The Morgan fingerprint density at radius 3 is 2.68 bits per heavy atom. The summed E-state index contributed by atoms with van der Waals surface area (Å²) in [4.78, 5) is 41.2. The number of rotatable bonds is 8. The summed E-state index contributed by atoms with van der Waals surface area (Å²) in [6, 6.07) is 11.3. The van der Waals surface area contributed by atoms with Crippen molar-refractivity contribution in [1.29, 1.82) is 0 Å². The van der Waals surface area contributed by atoms with Crippen molar-refractivity contribution in [2.24, 2.45) is 5.41 Å². The number of hydrogen-bond acceptors (Lipinski definition) is 10. The van der Waals surface area contributed by atoms with Gasteiger partial charge in [0, 0.05) is 55.2 Å². The van der Waals surface area contributed by atoms with Gasteiger partial charge in [-0.1, -0.05) is 37.3 Å². The van der Waals surface area contributed by atoms with Crippen molar-refractivity contribution in [3.63, 3.8) is 0 Å². The van der Waals surface area contributed by atoms with Gasteiger partial charge in [-0.15, -0.1) is 0 Å². The number of esters is 1. The predicted octanol–water partition coefficient (Wildman–Crippen LogP) is 3.30. The Balaban J connectivity index is 1.41. The van der Waals surface area contributed by atoms with Crippen molar-refractivity contribution >= 4 is 23.4 Å². The van der Waals surface area contributed by atoms with Crippen LogP contribution in [0.4, 0.5) is 16.2 Å². The average molecular weight is 607 g/mol. The maximum Gasteiger partial charge on any atom is 0.407 e. The molecule has 12 nitrogen and oxygen atoms in total. The van der Waals surface area contributed by atoms with Gasteiger partial charge < -0.3 is 29.5 Å². The number of alkyl carbamates (subject to hydrolysis) is 1. The van der Waals surface area contributed by atoms with Crippen LogP contribution in [0.2, 0.25) is 0 Å². The van der Waals surface area contributed by atoms with E-state index in [1.807, 2.05) is 31.0 Å². The molecule has 2 N–H and O–H groups in total. The molecule has 12 heteroatoms. The third-order valence-corrected chi connectivity index (χ3v) is 10.3. The number of benzene rings is 2. The van der Waals surface area contributed by atoms with Crippen LogP contribution in [0.3, 0.4) is 0 Å². The Bertz CT molecular complexity index is 1530. The molecule has 6 rings (SSSR count). The van der Waals surface area contributed by atoms with Gasteiger partial charge in [-0.25, -0.2) is 4.79 Å². The highest BCUT2D eigenvalue weighted by molar-refractivity contribution is 5.72. The Hall–Kier alpha value is -4.16. The number of methoxy groups -OCH3 is 1. The molecule has 2 fully saturated rings. The fraction of sp³-hybridized carbons (Fsp3) is 0.500. The number of fused-ring (bicyclic) bond motifs is 1. The van der Waals surface area contributed by atoms with E-state index in [2.05, 4.69) is 28.4 Å². The Labute approximate surface area is 255 Å². The number of nitrogens with zero attached hydrogens (tertiary/aromatic N) is 3. The van der Waals surface area contributed by atoms with E-state index >= 15 is 0 Å². The van der Waals surface area contributed by atoms with Crippen LogP contribution in [0, 0.1) is 15.5 Å². The fourth-order valence-electron chi connectivity index (χ4n) is 8.86. The lowest BCUT2D eigenvalue weighted by Crippen LogP contribution is -2.81. The lowest BCUT2D eigenvalue weighted by molar-refractivity contribution is -0.385. The highest BCUT2D eigenvalue weighted by Crippen LogP contribution is 2.67. The first-order chi connectivity index (χ1) is 21.0. The van der Waals surface area contributed by atoms with Crippen molar-refractivity contribution < 1.29 is 33.8 Å². The molecule has 2 aromatic carbocycles. The molecular weight excluding hydrogens is 568 g/mol. The molecule has 1 spiro atoms. The van der Waals surface area contributed by atoms with Crippen molar-refractivity contribution in [1.82, 2.24) is 10.2 Å². The summed E-state index contributed by atoms with van der Waals surface area (Å²) in [7, 11) is 3.53. The van der Waals surface area contributed by atoms with Gasteiger partial charge in [-0.3, -0.25) is 19.8 Å². The predicted molar refractivity (Wildman–Crippen MR) is 160 cm³/mol. The first-order valence-corrected chi connectivity index (χ1v) is 14.9. The van der Waals surface area contributed by atoms with E-state index in [9.17, 15) is 24.8 Å². The van der Waals surface area contributed by atoms with Crippen molar-refractivity contribution in [2.75, 3.05) is 38.7 Å². The number of nitrogens with one attached hydrogen (secondary N) is 1. The second-order valence-electron chi connectivity index (χ2n) is 12.2. The second kappa shape index (κ2) is 10.8. The van der Waals surface area contributed by atoms with Crippen molar-refractivity contribution in [3.05, 3.63) is 75.9 Å². The van der Waals surface area contributed by atoms with Gasteiger partial charge in [0.2, 0.25) is 0 Å². The minimum absolute atomic E-state index is 0.0812. The van der Waals surface area contributed by atoms with Gasteiger partial charge in [0.05, 0.1) is 30.2 Å². The van der Waals surface area contributed by atoms with Gasteiger partial charge in [0.25, 0.3) is 5.69 Å². The van der Waals surface area contributed by atoms with Crippen molar-refractivity contribution in [2.45, 2.75) is 62.5 Å². The van der Waals surface area contributed by atoms with E-state index in [-0.39, 0.29) is 30.4 Å². The van der Waals surface area contributed by atoms with Crippen molar-refractivity contribution in [3.8, 4) is 5.75 Å². The van der Waals surface area contributed by atoms with E-state index in [1.54, 1.807) is 13.2 Å². The lowest BCUT2D eigenvalue weighted by atomic mass is 9.47. The minimum Gasteiger partial charge on any atom is -0.497 e. The molecule has 0 unspecified atom stereocenters. The number of nitro groups is 1. The molecule has 4 aliphatic rings. The quantitative estimate of drug-likeness (QED) is 0.199. The number of nitro benzene ring substituents is 1. The topological polar surface area (TPSA) is 144 Å². The molecule has 1 aliphatic carbocycles. The van der Waals surface area contributed by atoms with Gasteiger partial charge in [-0.2, -0.15) is 0 Å². The van der Waals surface area contributed by atoms with Crippen LogP contribution in [-0.2, 0) is 26.3 Å². The molecule has 1 saturated carbocycles. The van der Waals surface area contributed by atoms with Gasteiger partial charge in [0.15, 0.2) is 0 Å². The van der Waals surface area contributed by atoms with E-state index in [0.717, 1.165) is 30.8 Å². The Morgan fingerprint density at radius 1 is 1.20 bits per heavy atom. The summed E-state index contributed by atoms with van der Waals surface area (Å²) in [5, 5.41) is 27.2. The van der Waals surface area contributed by atoms with Gasteiger partial charge in [-0.05, 0) is 37.1 Å². The third kappa shape index (κ3) is 4.18. The van der Waals surface area contributed by atoms with E-state index in [4.69, 9.17) is 14.2 Å². The number of hydrogen-bond donors (Lipinski definition) is 2. The molecule has 44 heavy (non-hydrogen) atoms. The zero-order chi connectivity index (χ0) is 31.4. The van der Waals surface area contributed by atoms with Crippen LogP contribution in [0.1, 0.15) is 37.8 Å². The monoisotopic (exact) mass is 606 g/mol. The number of carbonyl (C=O) groups excluding carboxylic acids is 2. The van der Waals surface area contributed by atoms with E-state index in [0.29, 0.717) is 12.2 Å². The zero-order valence-corrected chi connectivity index (χ0v) is 25.3. The highest BCUT2D eigenvalue weighted by Gasteiger charge is 2.77. The van der Waals surface area contributed by atoms with Crippen LogP contribution < -0.4 is 15.0 Å². The summed E-state index contributed by atoms with van der Waals surface area (Å²) >= 11 is 0. The standard InChI is InChI=1S/C32H38N4O8/c1-5-30-13-8-15-35-16-14-31(26(30)35)23-12-11-22(42-4)17-25(23)34(3)27(31)32(39,28(30)44-20(2)37)19-33-29(38)43-18-21-9-6-7-10-24(21)36(40)41/h6-13,17,26-28,39H,5,14-16,18-19H2,1-4H3,(H,33,38)/t26-,27+,28+,30+,31+,32-/m0/s1. The van der Waals surface area contributed by atoms with Crippen LogP contribution in [0.15, 0.2) is 54.6 Å². The first-order valence-electron chi connectivity index (χ1n) is 14.9. The van der Waals surface area contributed by atoms with Gasteiger partial charge in [0.1, 0.15) is 24.1 Å². The number of likely N-dealkylation sites (N-methyl/N-ethyl adjacent to an activating group) is 1. The average Bonchev–Trinajstić information content (AvgIpc) is 3.53. The smallest absolute Gasteiger partial charge is 0.407 e. The molecule has 1 saturated heterocycles. The van der Waals surface area contributed by atoms with E-state index in [1.165, 1.54) is 25.1 Å². The number of anilines is 1. The summed E-state index contributed by atoms with van der Waals surface area (Å²) in [6.07, 6.45) is 3.66. The maximum absolute atomic E-state index is 13.1. The van der Waals surface area contributed by atoms with Gasteiger partial charge >= 0.3 is 12.1 Å². The zero-order valence-electron chi connectivity index (χ0n) is 25.3. The number of aliphatic hydroxyl groups is 1. The fourth-order valence-corrected chi connectivity index (χ4v) is 8.86. The van der Waals surface area contributed by atoms with Crippen LogP contribution in [0.5, 0.6) is 5.75 Å². The van der Waals surface area contributed by atoms with E-state index < -0.39 is 45.6 Å². The SMILES string of the molecule is CC[C@]12C=CCN3CC[C@@]4(c5ccc(OC)cc5N(C)[C@H]4[C@@](O)(CNC(=O)OCc4ccccc4[N+](=O)[O-])[C@@H]1OC(C)=O)[C@@H]32. The largest absolute Gasteiger partial charge is 0.497 e. The summed E-state index contributed by atoms with van der Waals surface area (Å²) in [5.41, 5.74) is -0.999. The highest BCUT2D eigenvalue weighted by atomic mass is 16.6.